The van der Waals surface area contributed by atoms with Gasteiger partial charge >= 0.3 is 18.1 Å². The molecule has 1 rings (SSSR count). The number of alkyl halides is 3. The number of hydrogen-bond acceptors (Lipinski definition) is 5. The molecule has 0 saturated heterocycles. The van der Waals surface area contributed by atoms with Crippen molar-refractivity contribution in [1.29, 1.82) is 0 Å². The average Bonchev–Trinajstić information content (AvgIpc) is 2.63. The molecule has 0 aliphatic heterocycles. The molecule has 17 heavy (non-hydrogen) atoms. The first kappa shape index (κ1) is 13.4. The molecule has 0 spiro atoms. The number of amides is 1. The third-order valence-corrected chi connectivity index (χ3v) is 2.51. The Hall–Kier alpha value is -1.71. The Labute approximate surface area is 96.7 Å². The van der Waals surface area contributed by atoms with Crippen LogP contribution in [0.3, 0.4) is 0 Å². The van der Waals surface area contributed by atoms with Gasteiger partial charge in [0.05, 0.1) is 6.54 Å². The topological polar surface area (TPSA) is 83.4 Å². The lowest BCUT2D eigenvalue weighted by molar-refractivity contribution is -0.184. The second-order valence-corrected chi connectivity index (χ2v) is 4.03. The summed E-state index contributed by atoms with van der Waals surface area (Å²) < 4.78 is 36.1. The highest BCUT2D eigenvalue weighted by molar-refractivity contribution is 7.13. The van der Waals surface area contributed by atoms with Crippen LogP contribution in [0.1, 0.15) is 14.8 Å². The largest absolute Gasteiger partial charge is 0.476 e. The molecular formula is C7H6F3N3O3S. The summed E-state index contributed by atoms with van der Waals surface area (Å²) in [7, 11) is 0.942. The van der Waals surface area contributed by atoms with Crippen LogP contribution in [0.2, 0.25) is 0 Å². The third kappa shape index (κ3) is 3.37. The van der Waals surface area contributed by atoms with Crippen LogP contribution in [0, 0.1) is 0 Å². The van der Waals surface area contributed by atoms with Gasteiger partial charge in [0.15, 0.2) is 0 Å². The lowest BCUT2D eigenvalue weighted by Crippen LogP contribution is -2.37. The standard InChI is InChI=1S/C7H6F3N3O3S/c1-13(6(16)7(8,9)10)2-3-11-12-4(17-3)5(14)15/h2H2,1H3,(H,14,15). The van der Waals surface area contributed by atoms with Crippen molar-refractivity contribution in [2.24, 2.45) is 0 Å². The molecule has 0 atom stereocenters. The second-order valence-electron chi connectivity index (χ2n) is 2.97. The van der Waals surface area contributed by atoms with Crippen LogP contribution >= 0.6 is 11.3 Å². The fourth-order valence-corrected chi connectivity index (χ4v) is 1.63. The first-order chi connectivity index (χ1) is 7.71. The number of aromatic nitrogens is 2. The number of carboxylic acid groups (broad SMARTS) is 1. The first-order valence-electron chi connectivity index (χ1n) is 4.09. The summed E-state index contributed by atoms with van der Waals surface area (Å²) in [5.41, 5.74) is 0. The van der Waals surface area contributed by atoms with Crippen molar-refractivity contribution < 1.29 is 27.9 Å². The molecule has 6 nitrogen and oxygen atoms in total. The molecule has 0 bridgehead atoms. The van der Waals surface area contributed by atoms with Crippen LogP contribution in [-0.2, 0) is 11.3 Å². The molecule has 0 aliphatic rings. The summed E-state index contributed by atoms with van der Waals surface area (Å²) in [5, 5.41) is 14.8. The Morgan fingerprint density at radius 1 is 1.41 bits per heavy atom. The van der Waals surface area contributed by atoms with Crippen molar-refractivity contribution in [3.63, 3.8) is 0 Å². The molecule has 10 heteroatoms. The van der Waals surface area contributed by atoms with Gasteiger partial charge in [-0.1, -0.05) is 11.3 Å². The summed E-state index contributed by atoms with van der Waals surface area (Å²) in [6, 6.07) is 0. The Morgan fingerprint density at radius 2 is 2.00 bits per heavy atom. The van der Waals surface area contributed by atoms with Crippen LogP contribution in [0.15, 0.2) is 0 Å². The monoisotopic (exact) mass is 269 g/mol. The van der Waals surface area contributed by atoms with Crippen LogP contribution in [0.5, 0.6) is 0 Å². The number of carboxylic acids is 1. The van der Waals surface area contributed by atoms with Gasteiger partial charge in [-0.05, 0) is 0 Å². The number of carbonyl (C=O) groups excluding carboxylic acids is 1. The van der Waals surface area contributed by atoms with Crippen LogP contribution in [-0.4, -0.2) is 45.3 Å². The van der Waals surface area contributed by atoms with Crippen molar-refractivity contribution in [1.82, 2.24) is 15.1 Å². The van der Waals surface area contributed by atoms with Gasteiger partial charge in [-0.3, -0.25) is 4.79 Å². The van der Waals surface area contributed by atoms with E-state index in [1.54, 1.807) is 0 Å². The van der Waals surface area contributed by atoms with Crippen molar-refractivity contribution in [3.05, 3.63) is 10.0 Å². The molecule has 0 fully saturated rings. The highest BCUT2D eigenvalue weighted by Gasteiger charge is 2.41. The Bertz CT molecular complexity index is 445. The number of halogens is 3. The minimum absolute atomic E-state index is 0.0162. The SMILES string of the molecule is CN(Cc1nnc(C(=O)O)s1)C(=O)C(F)(F)F. The van der Waals surface area contributed by atoms with Gasteiger partial charge in [-0.15, -0.1) is 10.2 Å². The fourth-order valence-electron chi connectivity index (χ4n) is 0.895. The van der Waals surface area contributed by atoms with Gasteiger partial charge < -0.3 is 10.0 Å². The molecule has 1 N–H and O–H groups in total. The average molecular weight is 269 g/mol. The summed E-state index contributed by atoms with van der Waals surface area (Å²) in [4.78, 5) is 21.6. The minimum Gasteiger partial charge on any atom is -0.476 e. The van der Waals surface area contributed by atoms with E-state index in [1.165, 1.54) is 0 Å². The summed E-state index contributed by atoms with van der Waals surface area (Å²) in [6.45, 7) is -0.441. The zero-order chi connectivity index (χ0) is 13.2. The number of rotatable bonds is 3. The van der Waals surface area contributed by atoms with Crippen LogP contribution in [0.4, 0.5) is 13.2 Å². The van der Waals surface area contributed by atoms with E-state index in [0.717, 1.165) is 7.05 Å². The summed E-state index contributed by atoms with van der Waals surface area (Å²) in [5.74, 6) is -3.34. The summed E-state index contributed by atoms with van der Waals surface area (Å²) >= 11 is 0.614. The van der Waals surface area contributed by atoms with Crippen molar-refractivity contribution >= 4 is 23.2 Å². The molecule has 0 saturated carbocycles. The smallest absolute Gasteiger partial charge is 0.471 e. The molecule has 0 unspecified atom stereocenters. The molecular weight excluding hydrogens is 263 g/mol. The predicted octanol–water partition coefficient (Wildman–Crippen LogP) is 0.757. The molecule has 1 heterocycles. The van der Waals surface area contributed by atoms with Gasteiger partial charge in [-0.25, -0.2) is 4.79 Å². The maximum atomic E-state index is 12.0. The quantitative estimate of drug-likeness (QED) is 0.875. The zero-order valence-electron chi connectivity index (χ0n) is 8.35. The van der Waals surface area contributed by atoms with Gasteiger partial charge in [-0.2, -0.15) is 13.2 Å². The molecule has 1 aromatic rings. The van der Waals surface area contributed by atoms with Crippen LogP contribution in [0.25, 0.3) is 0 Å². The van der Waals surface area contributed by atoms with E-state index < -0.39 is 24.6 Å². The van der Waals surface area contributed by atoms with Crippen molar-refractivity contribution in [2.75, 3.05) is 7.05 Å². The normalized spacial score (nSPS) is 11.3. The number of aromatic carboxylic acids is 1. The van der Waals surface area contributed by atoms with E-state index in [2.05, 4.69) is 10.2 Å². The highest BCUT2D eigenvalue weighted by atomic mass is 32.1. The minimum atomic E-state index is -4.96. The number of carbonyl (C=O) groups is 2. The molecule has 1 amide bonds. The lowest BCUT2D eigenvalue weighted by Gasteiger charge is -2.16. The molecule has 0 radical (unpaired) electrons. The van der Waals surface area contributed by atoms with Gasteiger partial charge in [0.25, 0.3) is 0 Å². The lowest BCUT2D eigenvalue weighted by atomic mass is 10.5. The van der Waals surface area contributed by atoms with Gasteiger partial charge in [0.2, 0.25) is 5.01 Å². The summed E-state index contributed by atoms with van der Waals surface area (Å²) in [6.07, 6.45) is -4.96. The first-order valence-corrected chi connectivity index (χ1v) is 4.91. The maximum Gasteiger partial charge on any atom is 0.471 e. The van der Waals surface area contributed by atoms with Crippen molar-refractivity contribution in [3.8, 4) is 0 Å². The highest BCUT2D eigenvalue weighted by Crippen LogP contribution is 2.19. The number of nitrogens with zero attached hydrogens (tertiary/aromatic N) is 3. The predicted molar refractivity (Wildman–Crippen MR) is 49.4 cm³/mol. The van der Waals surface area contributed by atoms with E-state index in [-0.39, 0.29) is 10.0 Å². The maximum absolute atomic E-state index is 12.0. The Morgan fingerprint density at radius 3 is 2.41 bits per heavy atom. The van der Waals surface area contributed by atoms with Crippen molar-refractivity contribution in [2.45, 2.75) is 12.7 Å². The second kappa shape index (κ2) is 4.65. The van der Waals surface area contributed by atoms with Crippen LogP contribution < -0.4 is 0 Å². The van der Waals surface area contributed by atoms with E-state index in [0.29, 0.717) is 16.2 Å². The third-order valence-electron chi connectivity index (χ3n) is 1.61. The Balaban J connectivity index is 2.71. The zero-order valence-corrected chi connectivity index (χ0v) is 9.17. The van der Waals surface area contributed by atoms with E-state index in [9.17, 15) is 22.8 Å². The number of hydrogen-bond donors (Lipinski definition) is 1. The van der Waals surface area contributed by atoms with E-state index in [1.807, 2.05) is 0 Å². The van der Waals surface area contributed by atoms with E-state index in [4.69, 9.17) is 5.11 Å². The Kier molecular flexibility index (Phi) is 3.66. The van der Waals surface area contributed by atoms with Gasteiger partial charge in [0, 0.05) is 7.05 Å². The van der Waals surface area contributed by atoms with E-state index >= 15 is 0 Å². The fraction of sp³-hybridized carbons (Fsp3) is 0.429. The molecule has 1 aromatic heterocycles. The molecule has 0 aliphatic carbocycles. The van der Waals surface area contributed by atoms with Gasteiger partial charge in [0.1, 0.15) is 5.01 Å². The molecule has 0 aromatic carbocycles. The molecule has 94 valence electrons.